The molecule has 56 heavy (non-hydrogen) atoms. The van der Waals surface area contributed by atoms with Crippen LogP contribution in [0.25, 0.3) is 45.0 Å². The van der Waals surface area contributed by atoms with Crippen LogP contribution in [0.1, 0.15) is 11.1 Å². The Bertz CT molecular complexity index is 2490. The second-order valence-corrected chi connectivity index (χ2v) is 13.7. The van der Waals surface area contributed by atoms with E-state index in [1.54, 1.807) is 12.4 Å². The molecule has 0 fully saturated rings. The fraction of sp³-hybridized carbons (Fsp3) is 0.0417. The van der Waals surface area contributed by atoms with Gasteiger partial charge in [-0.05, 0) is 34.4 Å². The van der Waals surface area contributed by atoms with Gasteiger partial charge in [0.1, 0.15) is 0 Å². The summed E-state index contributed by atoms with van der Waals surface area (Å²) in [7, 11) is 0. The monoisotopic (exact) mass is 728 g/mol. The molecule has 9 rings (SSSR count). The van der Waals surface area contributed by atoms with E-state index in [-0.39, 0.29) is 0 Å². The zero-order valence-electron chi connectivity index (χ0n) is 30.8. The van der Waals surface area contributed by atoms with E-state index in [1.165, 1.54) is 33.4 Å². The van der Waals surface area contributed by atoms with Crippen molar-refractivity contribution >= 4 is 0 Å². The molecule has 0 saturated carbocycles. The Morgan fingerprint density at radius 2 is 0.643 bits per heavy atom. The average Bonchev–Trinajstić information content (AvgIpc) is 3.28. The van der Waals surface area contributed by atoms with Crippen LogP contribution in [-0.2, 0) is 13.1 Å². The highest BCUT2D eigenvalue weighted by Gasteiger charge is 2.16. The first-order chi connectivity index (χ1) is 27.7. The molecule has 8 aromatic heterocycles. The van der Waals surface area contributed by atoms with Crippen molar-refractivity contribution in [1.82, 2.24) is 9.97 Å². The van der Waals surface area contributed by atoms with E-state index < -0.39 is 0 Å². The van der Waals surface area contributed by atoms with Gasteiger partial charge in [0.05, 0.1) is 12.4 Å². The first kappa shape index (κ1) is 34.2. The van der Waals surface area contributed by atoms with Crippen molar-refractivity contribution in [3.8, 4) is 45.0 Å². The van der Waals surface area contributed by atoms with Crippen LogP contribution in [0.2, 0.25) is 0 Å². The van der Waals surface area contributed by atoms with Crippen molar-refractivity contribution in [3.63, 3.8) is 0 Å². The van der Waals surface area contributed by atoms with Gasteiger partial charge in [0.25, 0.3) is 11.4 Å². The summed E-state index contributed by atoms with van der Waals surface area (Å²) >= 11 is 0. The standard InChI is InChI=1S/C48H40N8/c1-5-45(33-49-21-1)53-25-13-41(14-26-53)43-17-29-55(30-18-43)47-7-3-23-51(37-47)35-39-9-11-40(12-10-39)36-52-24-4-8-48(38-52)56-31-19-44(20-32-56)42-15-27-54(28-16-42)46-6-2-22-50-34-46/h1-34,37-38H,35-36H2/q+6. The second kappa shape index (κ2) is 15.8. The van der Waals surface area contributed by atoms with Crippen LogP contribution in [0.15, 0.2) is 220 Å². The van der Waals surface area contributed by atoms with Crippen molar-refractivity contribution in [1.29, 1.82) is 0 Å². The molecule has 0 aliphatic carbocycles. The first-order valence-corrected chi connectivity index (χ1v) is 18.6. The van der Waals surface area contributed by atoms with E-state index in [0.29, 0.717) is 0 Å². The van der Waals surface area contributed by atoms with Crippen molar-refractivity contribution < 1.29 is 27.4 Å². The highest BCUT2D eigenvalue weighted by Crippen LogP contribution is 2.18. The minimum Gasteiger partial charge on any atom is -0.258 e. The fourth-order valence-corrected chi connectivity index (χ4v) is 6.87. The lowest BCUT2D eigenvalue weighted by molar-refractivity contribution is -0.699. The van der Waals surface area contributed by atoms with Gasteiger partial charge in [0, 0.05) is 108 Å². The van der Waals surface area contributed by atoms with Crippen molar-refractivity contribution in [3.05, 3.63) is 232 Å². The largest absolute Gasteiger partial charge is 0.274 e. The number of hydrogen-bond donors (Lipinski definition) is 0. The molecule has 0 N–H and O–H groups in total. The molecule has 8 heterocycles. The van der Waals surface area contributed by atoms with Gasteiger partial charge in [0.15, 0.2) is 75.1 Å². The van der Waals surface area contributed by atoms with Crippen LogP contribution in [0.4, 0.5) is 0 Å². The third-order valence-electron chi connectivity index (χ3n) is 9.91. The van der Waals surface area contributed by atoms with Crippen molar-refractivity contribution in [2.75, 3.05) is 0 Å². The van der Waals surface area contributed by atoms with E-state index in [1.807, 2.05) is 36.7 Å². The molecule has 0 bridgehead atoms. The van der Waals surface area contributed by atoms with Crippen LogP contribution in [-0.4, -0.2) is 9.97 Å². The lowest BCUT2D eigenvalue weighted by Crippen LogP contribution is -2.39. The summed E-state index contributed by atoms with van der Waals surface area (Å²) < 4.78 is 12.9. The molecular formula is C48H40N8+6. The SMILES string of the molecule is c1cncc(-[n+]2ccc(-c3cc[n+](-c4ccc[n+](Cc5ccc(C[n+]6cccc(-[n+]7ccc(-c8cc[n+](-c9cccnc9)cc8)cc7)c6)cc5)c4)cc3)cc2)c1. The van der Waals surface area contributed by atoms with Gasteiger partial charge >= 0.3 is 0 Å². The van der Waals surface area contributed by atoms with Crippen LogP contribution in [0.3, 0.4) is 0 Å². The summed E-state index contributed by atoms with van der Waals surface area (Å²) in [6.07, 6.45) is 32.7. The second-order valence-electron chi connectivity index (χ2n) is 13.7. The Kier molecular flexibility index (Phi) is 9.65. The molecule has 0 atom stereocenters. The van der Waals surface area contributed by atoms with Gasteiger partial charge in [-0.25, -0.2) is 0 Å². The maximum atomic E-state index is 4.22. The zero-order chi connectivity index (χ0) is 37.5. The Morgan fingerprint density at radius 1 is 0.321 bits per heavy atom. The predicted octanol–water partition coefficient (Wildman–Crippen LogP) is 5.59. The molecule has 266 valence electrons. The summed E-state index contributed by atoms with van der Waals surface area (Å²) in [6.45, 7) is 1.58. The van der Waals surface area contributed by atoms with Crippen LogP contribution in [0.5, 0.6) is 0 Å². The maximum absolute atomic E-state index is 4.22. The third kappa shape index (κ3) is 7.85. The quantitative estimate of drug-likeness (QED) is 0.173. The molecule has 0 unspecified atom stereocenters. The average molecular weight is 729 g/mol. The van der Waals surface area contributed by atoms with E-state index in [2.05, 4.69) is 209 Å². The molecule has 0 saturated heterocycles. The van der Waals surface area contributed by atoms with Crippen molar-refractivity contribution in [2.45, 2.75) is 13.1 Å². The summed E-state index contributed by atoms with van der Waals surface area (Å²) in [5, 5.41) is 0. The smallest absolute Gasteiger partial charge is 0.258 e. The Hall–Kier alpha value is -7.58. The molecule has 8 nitrogen and oxygen atoms in total. The van der Waals surface area contributed by atoms with Gasteiger partial charge in [-0.3, -0.25) is 9.97 Å². The van der Waals surface area contributed by atoms with Gasteiger partial charge in [-0.1, -0.05) is 24.3 Å². The molecule has 0 amide bonds. The molecule has 0 aliphatic heterocycles. The van der Waals surface area contributed by atoms with E-state index >= 15 is 0 Å². The molecule has 0 spiro atoms. The zero-order valence-corrected chi connectivity index (χ0v) is 30.8. The van der Waals surface area contributed by atoms with Gasteiger partial charge < -0.3 is 0 Å². The Labute approximate surface area is 326 Å². The van der Waals surface area contributed by atoms with E-state index in [9.17, 15) is 0 Å². The lowest BCUT2D eigenvalue weighted by atomic mass is 10.1. The molecule has 8 heteroatoms. The summed E-state index contributed by atoms with van der Waals surface area (Å²) in [5.74, 6) is 0. The Morgan fingerprint density at radius 3 is 0.964 bits per heavy atom. The van der Waals surface area contributed by atoms with Gasteiger partial charge in [-0.15, -0.1) is 0 Å². The van der Waals surface area contributed by atoms with Crippen LogP contribution in [0, 0.1) is 0 Å². The first-order valence-electron chi connectivity index (χ1n) is 18.6. The van der Waals surface area contributed by atoms with E-state index in [0.717, 1.165) is 35.8 Å². The topological polar surface area (TPSA) is 49.1 Å². The fourth-order valence-electron chi connectivity index (χ4n) is 6.87. The minimum atomic E-state index is 0.788. The number of aromatic nitrogens is 8. The normalized spacial score (nSPS) is 11.0. The summed E-state index contributed by atoms with van der Waals surface area (Å²) in [4.78, 5) is 8.45. The minimum absolute atomic E-state index is 0.788. The molecule has 0 radical (unpaired) electrons. The van der Waals surface area contributed by atoms with E-state index in [4.69, 9.17) is 0 Å². The predicted molar refractivity (Wildman–Crippen MR) is 211 cm³/mol. The summed E-state index contributed by atoms with van der Waals surface area (Å²) in [6, 6.07) is 42.6. The molecule has 9 aromatic rings. The Balaban J connectivity index is 0.821. The van der Waals surface area contributed by atoms with Crippen molar-refractivity contribution in [2.24, 2.45) is 0 Å². The maximum Gasteiger partial charge on any atom is 0.274 e. The molecule has 0 aliphatic rings. The highest BCUT2D eigenvalue weighted by molar-refractivity contribution is 5.62. The highest BCUT2D eigenvalue weighted by atomic mass is 15.0. The third-order valence-corrected chi connectivity index (χ3v) is 9.91. The molecule has 1 aromatic carbocycles. The number of pyridine rings is 8. The molecular weight excluding hydrogens is 689 g/mol. The lowest BCUT2D eigenvalue weighted by Gasteiger charge is -2.03. The summed E-state index contributed by atoms with van der Waals surface area (Å²) in [5.41, 5.74) is 11.5. The number of hydrogen-bond acceptors (Lipinski definition) is 2. The number of rotatable bonds is 10. The number of nitrogens with zero attached hydrogens (tertiary/aromatic N) is 8. The number of benzene rings is 1. The van der Waals surface area contributed by atoms with Gasteiger partial charge in [-0.2, -0.15) is 27.4 Å². The van der Waals surface area contributed by atoms with Crippen LogP contribution < -0.4 is 27.4 Å². The van der Waals surface area contributed by atoms with Crippen LogP contribution >= 0.6 is 0 Å². The van der Waals surface area contributed by atoms with Gasteiger partial charge in [0.2, 0.25) is 23.8 Å².